The lowest BCUT2D eigenvalue weighted by atomic mass is 10.2. The number of hydrogen-bond acceptors (Lipinski definition) is 6. The van der Waals surface area contributed by atoms with Gasteiger partial charge in [-0.2, -0.15) is 0 Å². The van der Waals surface area contributed by atoms with Crippen molar-refractivity contribution in [2.75, 3.05) is 18.6 Å². The highest BCUT2D eigenvalue weighted by Crippen LogP contribution is 2.21. The van der Waals surface area contributed by atoms with Crippen molar-refractivity contribution < 1.29 is 9.53 Å². The molecule has 0 spiro atoms. The molecule has 1 fully saturated rings. The molecular formula is C9H12N4O4. The van der Waals surface area contributed by atoms with E-state index in [1.54, 1.807) is 4.90 Å². The molecule has 8 nitrogen and oxygen atoms in total. The van der Waals surface area contributed by atoms with E-state index in [1.165, 1.54) is 7.11 Å². The van der Waals surface area contributed by atoms with Crippen molar-refractivity contribution in [3.63, 3.8) is 0 Å². The van der Waals surface area contributed by atoms with Gasteiger partial charge in [-0.05, 0) is 12.8 Å². The molecule has 8 heteroatoms. The number of anilines is 1. The Balaban J connectivity index is 2.36. The fourth-order valence-electron chi connectivity index (χ4n) is 1.94. The van der Waals surface area contributed by atoms with Crippen LogP contribution in [0.5, 0.6) is 0 Å². The molecule has 0 amide bonds. The van der Waals surface area contributed by atoms with Gasteiger partial charge in [0.05, 0.1) is 7.11 Å². The predicted octanol–water partition coefficient (Wildman–Crippen LogP) is -1.40. The maximum absolute atomic E-state index is 11.6. The molecule has 0 aromatic carbocycles. The van der Waals surface area contributed by atoms with Gasteiger partial charge in [0.2, 0.25) is 5.82 Å². The highest BCUT2D eigenvalue weighted by Gasteiger charge is 2.33. The monoisotopic (exact) mass is 240 g/mol. The molecule has 2 rings (SSSR count). The Morgan fingerprint density at radius 1 is 1.53 bits per heavy atom. The summed E-state index contributed by atoms with van der Waals surface area (Å²) in [5, 5.41) is 5.80. The van der Waals surface area contributed by atoms with Crippen LogP contribution in [-0.4, -0.2) is 40.8 Å². The predicted molar refractivity (Wildman–Crippen MR) is 57.9 cm³/mol. The fourth-order valence-corrected chi connectivity index (χ4v) is 1.94. The van der Waals surface area contributed by atoms with Gasteiger partial charge in [-0.1, -0.05) is 0 Å². The maximum Gasteiger partial charge on any atom is 0.342 e. The minimum atomic E-state index is -0.674. The number of esters is 1. The number of nitrogens with zero attached hydrogens (tertiary/aromatic N) is 2. The van der Waals surface area contributed by atoms with E-state index in [0.29, 0.717) is 13.0 Å². The second kappa shape index (κ2) is 4.40. The number of aromatic amines is 2. The average molecular weight is 240 g/mol. The van der Waals surface area contributed by atoms with Gasteiger partial charge in [-0.25, -0.2) is 14.7 Å². The molecule has 1 aromatic heterocycles. The molecule has 0 bridgehead atoms. The number of ether oxygens (including phenoxy) is 1. The lowest BCUT2D eigenvalue weighted by Crippen LogP contribution is -2.42. The lowest BCUT2D eigenvalue weighted by molar-refractivity contribution is -0.141. The van der Waals surface area contributed by atoms with Crippen LogP contribution >= 0.6 is 0 Å². The molecule has 2 N–H and O–H groups in total. The smallest absolute Gasteiger partial charge is 0.342 e. The normalized spacial score (nSPS) is 19.4. The Labute approximate surface area is 95.6 Å². The summed E-state index contributed by atoms with van der Waals surface area (Å²) in [4.78, 5) is 37.5. The average Bonchev–Trinajstić information content (AvgIpc) is 2.77. The zero-order chi connectivity index (χ0) is 12.4. The second-order valence-electron chi connectivity index (χ2n) is 3.71. The number of methoxy groups -OCH3 is 1. The van der Waals surface area contributed by atoms with E-state index in [1.807, 2.05) is 0 Å². The summed E-state index contributed by atoms with van der Waals surface area (Å²) in [5.74, 6) is -0.368. The molecule has 1 aromatic rings. The minimum absolute atomic E-state index is 0.0394. The van der Waals surface area contributed by atoms with Gasteiger partial charge in [0.25, 0.3) is 5.56 Å². The number of carbonyl (C=O) groups is 1. The molecule has 1 aliphatic heterocycles. The van der Waals surface area contributed by atoms with Gasteiger partial charge in [0, 0.05) is 6.54 Å². The van der Waals surface area contributed by atoms with E-state index < -0.39 is 23.3 Å². The first-order valence-electron chi connectivity index (χ1n) is 5.17. The third-order valence-electron chi connectivity index (χ3n) is 2.69. The van der Waals surface area contributed by atoms with Gasteiger partial charge < -0.3 is 9.64 Å². The molecule has 2 heterocycles. The summed E-state index contributed by atoms with van der Waals surface area (Å²) in [6, 6.07) is -0.514. The van der Waals surface area contributed by atoms with Gasteiger partial charge in [-0.3, -0.25) is 9.78 Å². The van der Waals surface area contributed by atoms with Crippen LogP contribution in [0.2, 0.25) is 0 Å². The van der Waals surface area contributed by atoms with Crippen molar-refractivity contribution in [3.8, 4) is 0 Å². The quantitative estimate of drug-likeness (QED) is 0.615. The van der Waals surface area contributed by atoms with Crippen LogP contribution in [0.15, 0.2) is 9.59 Å². The minimum Gasteiger partial charge on any atom is -0.467 e. The standard InChI is InChI=1S/C9H12N4O4/c1-17-8(15)5-3-2-4-13(5)6-7(14)10-9(16)12-11-6/h5H,2-4H2,1H3,(H2,10,12,14,16). The van der Waals surface area contributed by atoms with E-state index in [-0.39, 0.29) is 5.82 Å². The molecule has 1 saturated heterocycles. The van der Waals surface area contributed by atoms with Crippen molar-refractivity contribution in [1.82, 2.24) is 15.2 Å². The topological polar surface area (TPSA) is 108 Å². The van der Waals surface area contributed by atoms with Gasteiger partial charge in [0.1, 0.15) is 6.04 Å². The first-order valence-corrected chi connectivity index (χ1v) is 5.17. The Morgan fingerprint density at radius 3 is 2.94 bits per heavy atom. The number of nitrogens with one attached hydrogen (secondary N) is 2. The summed E-state index contributed by atoms with van der Waals surface area (Å²) in [7, 11) is 1.30. The molecule has 1 unspecified atom stereocenters. The Morgan fingerprint density at radius 2 is 2.29 bits per heavy atom. The Hall–Kier alpha value is -2.12. The van der Waals surface area contributed by atoms with E-state index in [2.05, 4.69) is 19.9 Å². The zero-order valence-corrected chi connectivity index (χ0v) is 9.23. The molecule has 17 heavy (non-hydrogen) atoms. The van der Waals surface area contributed by atoms with E-state index >= 15 is 0 Å². The summed E-state index contributed by atoms with van der Waals surface area (Å²) < 4.78 is 4.66. The SMILES string of the molecule is COC(=O)C1CCCN1c1n[nH]c(=O)[nH]c1=O. The van der Waals surface area contributed by atoms with Gasteiger partial charge in [-0.15, -0.1) is 5.10 Å². The van der Waals surface area contributed by atoms with Crippen LogP contribution in [0.1, 0.15) is 12.8 Å². The number of hydrogen-bond donors (Lipinski definition) is 2. The first kappa shape index (κ1) is 11.4. The van der Waals surface area contributed by atoms with Crippen molar-refractivity contribution >= 4 is 11.8 Å². The van der Waals surface area contributed by atoms with Gasteiger partial charge in [0.15, 0.2) is 0 Å². The Kier molecular flexibility index (Phi) is 2.94. The lowest BCUT2D eigenvalue weighted by Gasteiger charge is -2.21. The van der Waals surface area contributed by atoms with Crippen molar-refractivity contribution in [2.45, 2.75) is 18.9 Å². The second-order valence-corrected chi connectivity index (χ2v) is 3.71. The number of H-pyrrole nitrogens is 2. The summed E-state index contributed by atoms with van der Waals surface area (Å²) in [5.41, 5.74) is -1.28. The van der Waals surface area contributed by atoms with E-state index in [9.17, 15) is 14.4 Å². The third kappa shape index (κ3) is 2.05. The van der Waals surface area contributed by atoms with Crippen LogP contribution in [0.25, 0.3) is 0 Å². The largest absolute Gasteiger partial charge is 0.467 e. The van der Waals surface area contributed by atoms with Crippen molar-refractivity contribution in [1.29, 1.82) is 0 Å². The fraction of sp³-hybridized carbons (Fsp3) is 0.556. The van der Waals surface area contributed by atoms with Crippen LogP contribution < -0.4 is 16.1 Å². The van der Waals surface area contributed by atoms with Gasteiger partial charge >= 0.3 is 11.7 Å². The van der Waals surface area contributed by atoms with E-state index in [4.69, 9.17) is 0 Å². The number of rotatable bonds is 2. The van der Waals surface area contributed by atoms with Crippen LogP contribution in [0.4, 0.5) is 5.82 Å². The van der Waals surface area contributed by atoms with Crippen LogP contribution in [-0.2, 0) is 9.53 Å². The van der Waals surface area contributed by atoms with Crippen LogP contribution in [0, 0.1) is 0 Å². The summed E-state index contributed by atoms with van der Waals surface area (Å²) in [6.07, 6.45) is 1.37. The molecule has 0 radical (unpaired) electrons. The van der Waals surface area contributed by atoms with Crippen molar-refractivity contribution in [3.05, 3.63) is 20.8 Å². The first-order chi connectivity index (χ1) is 8.13. The number of aromatic nitrogens is 3. The molecule has 92 valence electrons. The zero-order valence-electron chi connectivity index (χ0n) is 9.23. The maximum atomic E-state index is 11.6. The highest BCUT2D eigenvalue weighted by atomic mass is 16.5. The molecule has 0 aliphatic carbocycles. The summed E-state index contributed by atoms with van der Waals surface area (Å²) >= 11 is 0. The molecule has 1 atom stereocenters. The Bertz CT molecular complexity index is 534. The van der Waals surface area contributed by atoms with Crippen molar-refractivity contribution in [2.24, 2.45) is 0 Å². The molecule has 1 aliphatic rings. The third-order valence-corrected chi connectivity index (χ3v) is 2.69. The summed E-state index contributed by atoms with van der Waals surface area (Å²) in [6.45, 7) is 0.530. The molecule has 0 saturated carbocycles. The van der Waals surface area contributed by atoms with E-state index in [0.717, 1.165) is 6.42 Å². The molecular weight excluding hydrogens is 228 g/mol. The number of carbonyl (C=O) groups excluding carboxylic acids is 1. The highest BCUT2D eigenvalue weighted by molar-refractivity contribution is 5.80. The van der Waals surface area contributed by atoms with Crippen LogP contribution in [0.3, 0.4) is 0 Å².